The van der Waals surface area contributed by atoms with E-state index in [1.165, 1.54) is 0 Å². The van der Waals surface area contributed by atoms with Gasteiger partial charge in [-0.3, -0.25) is 4.79 Å². The first-order valence-corrected chi connectivity index (χ1v) is 4.68. The standard InChI is InChI=1S/C5H8FNO4S/c6-12(10,11)7-2-1-4(3-7)5(8)9/h4H,1-3H2,(H,8,9)/t4-/m1/s1. The summed E-state index contributed by atoms with van der Waals surface area (Å²) in [4.78, 5) is 10.3. The number of aliphatic carboxylic acids is 1. The zero-order valence-corrected chi connectivity index (χ0v) is 6.92. The van der Waals surface area contributed by atoms with Crippen molar-refractivity contribution in [1.29, 1.82) is 0 Å². The van der Waals surface area contributed by atoms with E-state index < -0.39 is 22.3 Å². The third kappa shape index (κ3) is 1.92. The average molecular weight is 197 g/mol. The van der Waals surface area contributed by atoms with Crippen LogP contribution in [0.2, 0.25) is 0 Å². The highest BCUT2D eigenvalue weighted by molar-refractivity contribution is 7.83. The summed E-state index contributed by atoms with van der Waals surface area (Å²) in [5.74, 6) is -1.85. The molecule has 0 aromatic heterocycles. The molecule has 1 aliphatic heterocycles. The van der Waals surface area contributed by atoms with Crippen LogP contribution in [0.25, 0.3) is 0 Å². The normalized spacial score (nSPS) is 25.9. The van der Waals surface area contributed by atoms with Crippen molar-refractivity contribution in [3.05, 3.63) is 0 Å². The second-order valence-corrected chi connectivity index (χ2v) is 3.96. The molecule has 5 nitrogen and oxygen atoms in total. The Morgan fingerprint density at radius 1 is 1.58 bits per heavy atom. The van der Waals surface area contributed by atoms with Crippen LogP contribution in [0.1, 0.15) is 6.42 Å². The van der Waals surface area contributed by atoms with Crippen LogP contribution in [0, 0.1) is 5.92 Å². The maximum atomic E-state index is 12.2. The molecule has 1 saturated heterocycles. The predicted octanol–water partition coefficient (Wildman–Crippen LogP) is -0.393. The highest BCUT2D eigenvalue weighted by Gasteiger charge is 2.34. The molecule has 12 heavy (non-hydrogen) atoms. The maximum absolute atomic E-state index is 12.2. The first kappa shape index (κ1) is 9.40. The Kier molecular flexibility index (Phi) is 2.34. The van der Waals surface area contributed by atoms with Gasteiger partial charge < -0.3 is 5.11 Å². The van der Waals surface area contributed by atoms with Crippen molar-refractivity contribution in [2.45, 2.75) is 6.42 Å². The summed E-state index contributed by atoms with van der Waals surface area (Å²) in [6, 6.07) is 0. The molecule has 1 heterocycles. The van der Waals surface area contributed by atoms with Crippen molar-refractivity contribution in [2.24, 2.45) is 5.92 Å². The van der Waals surface area contributed by atoms with Crippen LogP contribution < -0.4 is 0 Å². The van der Waals surface area contributed by atoms with E-state index in [1.807, 2.05) is 0 Å². The van der Waals surface area contributed by atoms with Gasteiger partial charge in [0.25, 0.3) is 0 Å². The Bertz CT molecular complexity index is 288. The lowest BCUT2D eigenvalue weighted by Gasteiger charge is -2.07. The fourth-order valence-corrected chi connectivity index (χ4v) is 1.81. The quantitative estimate of drug-likeness (QED) is 0.611. The number of carboxylic acid groups (broad SMARTS) is 1. The number of carbonyl (C=O) groups is 1. The lowest BCUT2D eigenvalue weighted by atomic mass is 10.1. The molecule has 0 radical (unpaired) electrons. The van der Waals surface area contributed by atoms with Gasteiger partial charge in [-0.2, -0.15) is 12.7 Å². The van der Waals surface area contributed by atoms with E-state index in [4.69, 9.17) is 5.11 Å². The molecule has 0 aromatic rings. The van der Waals surface area contributed by atoms with Gasteiger partial charge in [0.2, 0.25) is 0 Å². The first-order chi connectivity index (χ1) is 5.41. The molecule has 0 saturated carbocycles. The monoisotopic (exact) mass is 197 g/mol. The molecule has 0 spiro atoms. The van der Waals surface area contributed by atoms with Gasteiger partial charge in [0.1, 0.15) is 0 Å². The van der Waals surface area contributed by atoms with Crippen LogP contribution in [-0.2, 0) is 15.2 Å². The minimum absolute atomic E-state index is 0.0458. The van der Waals surface area contributed by atoms with E-state index in [9.17, 15) is 17.1 Å². The molecule has 1 N–H and O–H groups in total. The van der Waals surface area contributed by atoms with Crippen LogP contribution in [0.5, 0.6) is 0 Å². The number of rotatable bonds is 2. The van der Waals surface area contributed by atoms with Crippen molar-refractivity contribution in [3.8, 4) is 0 Å². The molecular weight excluding hydrogens is 189 g/mol. The number of carboxylic acids is 1. The zero-order valence-electron chi connectivity index (χ0n) is 6.10. The van der Waals surface area contributed by atoms with Crippen LogP contribution in [0.4, 0.5) is 3.89 Å². The number of hydrogen-bond donors (Lipinski definition) is 1. The van der Waals surface area contributed by atoms with Gasteiger partial charge in [0.05, 0.1) is 5.92 Å². The fourth-order valence-electron chi connectivity index (χ4n) is 1.13. The van der Waals surface area contributed by atoms with E-state index in [2.05, 4.69) is 0 Å². The van der Waals surface area contributed by atoms with Crippen molar-refractivity contribution in [1.82, 2.24) is 4.31 Å². The van der Waals surface area contributed by atoms with Crippen LogP contribution in [0.3, 0.4) is 0 Å². The smallest absolute Gasteiger partial charge is 0.374 e. The molecule has 1 aliphatic rings. The second-order valence-electron chi connectivity index (χ2n) is 2.62. The maximum Gasteiger partial charge on any atom is 0.374 e. The Hall–Kier alpha value is -0.690. The molecule has 1 rings (SSSR count). The molecule has 1 atom stereocenters. The van der Waals surface area contributed by atoms with Crippen LogP contribution >= 0.6 is 0 Å². The summed E-state index contributed by atoms with van der Waals surface area (Å²) in [6.07, 6.45) is 0.179. The van der Waals surface area contributed by atoms with Gasteiger partial charge in [-0.15, -0.1) is 0 Å². The van der Waals surface area contributed by atoms with E-state index >= 15 is 0 Å². The molecule has 1 fully saturated rings. The lowest BCUT2D eigenvalue weighted by molar-refractivity contribution is -0.141. The van der Waals surface area contributed by atoms with Gasteiger partial charge in [0, 0.05) is 13.1 Å². The van der Waals surface area contributed by atoms with Gasteiger partial charge in [-0.25, -0.2) is 0 Å². The van der Waals surface area contributed by atoms with Crippen LogP contribution in [0.15, 0.2) is 0 Å². The van der Waals surface area contributed by atoms with Crippen LogP contribution in [-0.4, -0.2) is 36.9 Å². The molecule has 70 valence electrons. The van der Waals surface area contributed by atoms with E-state index in [-0.39, 0.29) is 19.5 Å². The minimum Gasteiger partial charge on any atom is -0.481 e. The highest BCUT2D eigenvalue weighted by Crippen LogP contribution is 2.19. The van der Waals surface area contributed by atoms with Crippen molar-refractivity contribution >= 4 is 16.4 Å². The number of halogens is 1. The Labute approximate surface area is 69.1 Å². The predicted molar refractivity (Wildman–Crippen MR) is 37.3 cm³/mol. The molecule has 0 aliphatic carbocycles. The fraction of sp³-hybridized carbons (Fsp3) is 0.800. The summed E-state index contributed by atoms with van der Waals surface area (Å²) in [5, 5.41) is 8.45. The lowest BCUT2D eigenvalue weighted by Crippen LogP contribution is -2.26. The van der Waals surface area contributed by atoms with Crippen molar-refractivity contribution < 1.29 is 22.2 Å². The summed E-state index contributed by atoms with van der Waals surface area (Å²) in [6.45, 7) is -0.302. The van der Waals surface area contributed by atoms with Gasteiger partial charge in [-0.1, -0.05) is 3.89 Å². The summed E-state index contributed by atoms with van der Waals surface area (Å²) in [5.41, 5.74) is 0. The minimum atomic E-state index is -4.70. The van der Waals surface area contributed by atoms with Gasteiger partial charge in [0.15, 0.2) is 0 Å². The topological polar surface area (TPSA) is 74.7 Å². The molecule has 7 heteroatoms. The first-order valence-electron chi connectivity index (χ1n) is 3.34. The number of nitrogens with zero attached hydrogens (tertiary/aromatic N) is 1. The molecule has 0 unspecified atom stereocenters. The molecule has 0 aromatic carbocycles. The summed E-state index contributed by atoms with van der Waals surface area (Å²) in [7, 11) is -4.70. The Balaban J connectivity index is 2.64. The van der Waals surface area contributed by atoms with E-state index in [1.54, 1.807) is 0 Å². The van der Waals surface area contributed by atoms with E-state index in [0.717, 1.165) is 0 Å². The Morgan fingerprint density at radius 2 is 2.17 bits per heavy atom. The van der Waals surface area contributed by atoms with Crippen molar-refractivity contribution in [2.75, 3.05) is 13.1 Å². The van der Waals surface area contributed by atoms with Crippen molar-refractivity contribution in [3.63, 3.8) is 0 Å². The van der Waals surface area contributed by atoms with E-state index in [0.29, 0.717) is 4.31 Å². The largest absolute Gasteiger partial charge is 0.481 e. The highest BCUT2D eigenvalue weighted by atomic mass is 32.3. The molecule has 0 amide bonds. The second kappa shape index (κ2) is 2.98. The van der Waals surface area contributed by atoms with Gasteiger partial charge >= 0.3 is 16.4 Å². The van der Waals surface area contributed by atoms with Gasteiger partial charge in [-0.05, 0) is 6.42 Å². The Morgan fingerprint density at radius 3 is 2.42 bits per heavy atom. The molecule has 0 bridgehead atoms. The summed E-state index contributed by atoms with van der Waals surface area (Å²) >= 11 is 0. The number of hydrogen-bond acceptors (Lipinski definition) is 3. The SMILES string of the molecule is O=C(O)[C@@H]1CCN(S(=O)(=O)F)C1. The third-order valence-electron chi connectivity index (χ3n) is 1.81. The molecular formula is C5H8FNO4S. The summed E-state index contributed by atoms with van der Waals surface area (Å²) < 4.78 is 33.3. The zero-order chi connectivity index (χ0) is 9.35. The average Bonchev–Trinajstić information content (AvgIpc) is 2.30. The third-order valence-corrected chi connectivity index (χ3v) is 2.76.